The van der Waals surface area contributed by atoms with Crippen molar-refractivity contribution in [2.24, 2.45) is 94.7 Å². The molecule has 11 aliphatic rings. The van der Waals surface area contributed by atoms with Gasteiger partial charge in [-0.2, -0.15) is 0 Å². The molecule has 5 aliphatic carbocycles. The molecule has 5 saturated carbocycles. The Balaban J connectivity index is 0.000000161. The van der Waals surface area contributed by atoms with Crippen LogP contribution in [0.1, 0.15) is 171 Å². The fourth-order valence-corrected chi connectivity index (χ4v) is 13.7. The summed E-state index contributed by atoms with van der Waals surface area (Å²) in [7, 11) is 0. The molecule has 400 valence electrons. The van der Waals surface area contributed by atoms with E-state index in [2.05, 4.69) is 65.3 Å². The van der Waals surface area contributed by atoms with E-state index in [4.69, 9.17) is 23.7 Å². The van der Waals surface area contributed by atoms with Gasteiger partial charge in [-0.15, -0.1) is 0 Å². The molecule has 11 fully saturated rings. The van der Waals surface area contributed by atoms with E-state index >= 15 is 0 Å². The van der Waals surface area contributed by atoms with Gasteiger partial charge in [-0.05, 0) is 112 Å². The highest BCUT2D eigenvalue weighted by Crippen LogP contribution is 2.62. The Hall–Kier alpha value is -4.81. The molecule has 72 heavy (non-hydrogen) atoms. The summed E-state index contributed by atoms with van der Waals surface area (Å²) >= 11 is 0. The number of hydrogen-bond donors (Lipinski definition) is 0. The second-order valence-corrected chi connectivity index (χ2v) is 21.6. The van der Waals surface area contributed by atoms with Crippen molar-refractivity contribution in [2.75, 3.05) is 0 Å². The van der Waals surface area contributed by atoms with Crippen LogP contribution >= 0.6 is 0 Å². The molecule has 13 nitrogen and oxygen atoms in total. The van der Waals surface area contributed by atoms with Crippen LogP contribution in [-0.2, 0) is 62.0 Å². The van der Waals surface area contributed by atoms with Crippen LogP contribution in [0.4, 0.5) is 0 Å². The molecule has 0 aromatic rings. The smallest absolute Gasteiger partial charge is 0.316 e. The summed E-state index contributed by atoms with van der Waals surface area (Å²) in [5.74, 6) is 9.69. The number of ether oxygens (including phenoxy) is 6. The first kappa shape index (κ1) is 58.1. The van der Waals surface area contributed by atoms with Crippen molar-refractivity contribution in [3.63, 3.8) is 0 Å². The van der Waals surface area contributed by atoms with Crippen molar-refractivity contribution >= 4 is 41.8 Å². The number of cyclic esters (lactones) is 7. The van der Waals surface area contributed by atoms with Gasteiger partial charge in [0, 0.05) is 42.9 Å². The summed E-state index contributed by atoms with van der Waals surface area (Å²) in [6.45, 7) is 35.6. The van der Waals surface area contributed by atoms with Crippen LogP contribution < -0.4 is 0 Å². The van der Waals surface area contributed by atoms with Gasteiger partial charge in [0.25, 0.3) is 0 Å². The molecule has 0 aromatic heterocycles. The molecule has 0 amide bonds. The lowest BCUT2D eigenvalue weighted by Gasteiger charge is -2.27. The van der Waals surface area contributed by atoms with E-state index in [-0.39, 0.29) is 71.4 Å². The van der Waals surface area contributed by atoms with Crippen LogP contribution in [-0.4, -0.2) is 41.8 Å². The SMILES string of the molecule is C=C1CC(CC)CC(=O)O1.C=C1OC(=O)C2C3CC(CC)C(C3)C12.C=C1OC(=O)C2C3CC(CC)C(C3)C12.C=C1OC(=O)C2CCC(CC)CC12.C=C1OC(=O)CC1CC.CC.CCC1CCC(=O)OC1=O. The van der Waals surface area contributed by atoms with Crippen molar-refractivity contribution in [3.05, 3.63) is 61.7 Å². The Morgan fingerprint density at radius 1 is 0.403 bits per heavy atom. The molecule has 0 radical (unpaired) electrons. The second kappa shape index (κ2) is 26.4. The predicted octanol–water partition coefficient (Wildman–Crippen LogP) is 12.4. The van der Waals surface area contributed by atoms with Crippen LogP contribution in [0.25, 0.3) is 0 Å². The van der Waals surface area contributed by atoms with E-state index in [1.54, 1.807) is 0 Å². The van der Waals surface area contributed by atoms with Crippen LogP contribution in [0, 0.1) is 94.7 Å². The fraction of sp³-hybridized carbons (Fsp3) is 0.712. The molecule has 0 spiro atoms. The quantitative estimate of drug-likeness (QED) is 0.140. The molecular formula is C59H86O13. The zero-order valence-corrected chi connectivity index (χ0v) is 44.8. The van der Waals surface area contributed by atoms with Crippen molar-refractivity contribution in [1.29, 1.82) is 0 Å². The molecule has 16 atom stereocenters. The second-order valence-electron chi connectivity index (χ2n) is 21.6. The lowest BCUT2D eigenvalue weighted by Crippen LogP contribution is -2.27. The van der Waals surface area contributed by atoms with E-state index in [9.17, 15) is 33.6 Å². The molecule has 13 heteroatoms. The standard InChI is InChI=1S/2C12H16O2.C11H16O2.C8H12O2.C7H10O3.C7H10O2.C2H6/c2*1-3-7-4-8-5-9(7)10-6(2)14-12(13)11(8)10;1-3-8-4-5-9-10(6-8)7(2)13-11(9)12;1-3-7-4-6(2)10-8(9)5-7;1-2-5-3-4-6(8)10-7(5)9;1-3-6-4-7(8)9-5(6)2;1-2/h2*7-11H,2-5H2,1H3;8-10H,2-6H2,1H3;7H,2-5H2,1H3;5H,2-4H2,1H3;6H,2-4H2,1H3;1-2H3. The lowest BCUT2D eigenvalue weighted by atomic mass is 9.74. The highest BCUT2D eigenvalue weighted by atomic mass is 16.6. The predicted molar refractivity (Wildman–Crippen MR) is 272 cm³/mol. The topological polar surface area (TPSA) is 175 Å². The summed E-state index contributed by atoms with van der Waals surface area (Å²) < 4.78 is 29.3. The van der Waals surface area contributed by atoms with Gasteiger partial charge in [-0.25, -0.2) is 0 Å². The Morgan fingerprint density at radius 2 is 0.917 bits per heavy atom. The van der Waals surface area contributed by atoms with Crippen LogP contribution in [0.5, 0.6) is 0 Å². The molecule has 6 saturated heterocycles. The number of hydrogen-bond acceptors (Lipinski definition) is 13. The van der Waals surface area contributed by atoms with E-state index in [1.165, 1.54) is 51.4 Å². The first-order valence-electron chi connectivity index (χ1n) is 27.6. The van der Waals surface area contributed by atoms with Crippen LogP contribution in [0.2, 0.25) is 0 Å². The normalized spacial score (nSPS) is 37.0. The molecule has 6 aliphatic heterocycles. The van der Waals surface area contributed by atoms with Gasteiger partial charge in [0.1, 0.15) is 28.8 Å². The van der Waals surface area contributed by atoms with Gasteiger partial charge in [0.05, 0.1) is 30.1 Å². The fourth-order valence-electron chi connectivity index (χ4n) is 13.7. The first-order valence-corrected chi connectivity index (χ1v) is 27.6. The van der Waals surface area contributed by atoms with Crippen molar-refractivity contribution in [2.45, 2.75) is 171 Å². The maximum absolute atomic E-state index is 11.6. The minimum Gasteiger partial charge on any atom is -0.432 e. The average molecular weight is 1000 g/mol. The Labute approximate surface area is 429 Å². The lowest BCUT2D eigenvalue weighted by molar-refractivity contribution is -0.167. The number of rotatable bonds is 6. The van der Waals surface area contributed by atoms with Gasteiger partial charge in [0.15, 0.2) is 0 Å². The summed E-state index contributed by atoms with van der Waals surface area (Å²) in [6.07, 6.45) is 17.7. The monoisotopic (exact) mass is 1000 g/mol. The minimum atomic E-state index is -0.380. The van der Waals surface area contributed by atoms with Gasteiger partial charge < -0.3 is 28.4 Å². The van der Waals surface area contributed by atoms with Crippen molar-refractivity contribution in [3.8, 4) is 0 Å². The van der Waals surface area contributed by atoms with E-state index in [0.717, 1.165) is 67.8 Å². The molecular weight excluding hydrogens is 917 g/mol. The number of fused-ring (bicyclic) bond motifs is 11. The highest BCUT2D eigenvalue weighted by molar-refractivity contribution is 5.89. The third kappa shape index (κ3) is 13.5. The molecule has 0 N–H and O–H groups in total. The summed E-state index contributed by atoms with van der Waals surface area (Å²) in [5.41, 5.74) is 0. The van der Waals surface area contributed by atoms with E-state index in [0.29, 0.717) is 90.3 Å². The molecule has 11 rings (SSSR count). The first-order chi connectivity index (χ1) is 34.4. The van der Waals surface area contributed by atoms with Gasteiger partial charge >= 0.3 is 41.8 Å². The number of esters is 7. The number of allylic oxidation sites excluding steroid dienone is 5. The number of carbonyl (C=O) groups excluding carboxylic acids is 7. The molecule has 0 aromatic carbocycles. The van der Waals surface area contributed by atoms with Crippen molar-refractivity contribution < 1.29 is 62.0 Å². The summed E-state index contributed by atoms with van der Waals surface area (Å²) in [5, 5.41) is 0. The average Bonchev–Trinajstić information content (AvgIpc) is 4.26. The Morgan fingerprint density at radius 3 is 1.35 bits per heavy atom. The van der Waals surface area contributed by atoms with E-state index < -0.39 is 0 Å². The Kier molecular flexibility index (Phi) is 21.3. The molecule has 6 heterocycles. The zero-order chi connectivity index (χ0) is 53.1. The molecule has 4 bridgehead atoms. The summed E-state index contributed by atoms with van der Waals surface area (Å²) in [6, 6.07) is 0. The molecule has 16 unspecified atom stereocenters. The third-order valence-corrected chi connectivity index (χ3v) is 17.7. The van der Waals surface area contributed by atoms with Gasteiger partial charge in [-0.1, -0.05) is 114 Å². The maximum Gasteiger partial charge on any atom is 0.316 e. The van der Waals surface area contributed by atoms with Crippen LogP contribution in [0.3, 0.4) is 0 Å². The van der Waals surface area contributed by atoms with Crippen LogP contribution in [0.15, 0.2) is 61.7 Å². The number of carbonyl (C=O) groups is 7. The van der Waals surface area contributed by atoms with Gasteiger partial charge in [0.2, 0.25) is 0 Å². The third-order valence-electron chi connectivity index (χ3n) is 17.7. The highest BCUT2D eigenvalue weighted by Gasteiger charge is 2.61. The Bertz CT molecular complexity index is 1990. The van der Waals surface area contributed by atoms with E-state index in [1.807, 2.05) is 27.7 Å². The zero-order valence-electron chi connectivity index (χ0n) is 44.8. The van der Waals surface area contributed by atoms with Gasteiger partial charge in [-0.3, -0.25) is 33.6 Å². The summed E-state index contributed by atoms with van der Waals surface area (Å²) in [4.78, 5) is 77.1. The maximum atomic E-state index is 11.6. The minimum absolute atomic E-state index is 0.00190. The largest absolute Gasteiger partial charge is 0.432 e. The van der Waals surface area contributed by atoms with Crippen molar-refractivity contribution in [1.82, 2.24) is 0 Å².